The molecular weight excluding hydrogens is 142 g/mol. The first-order valence-electron chi connectivity index (χ1n) is 2.97. The monoisotopic (exact) mass is 154 g/mol. The molecule has 0 saturated heterocycles. The number of hydrogen-bond donors (Lipinski definition) is 1. The molecule has 0 aromatic rings. The number of aliphatic hydroxyl groups excluding tert-OH is 1. The van der Waals surface area contributed by atoms with Crippen LogP contribution in [0.1, 0.15) is 6.42 Å². The number of methoxy groups -OCH3 is 1. The molecule has 2 nitrogen and oxygen atoms in total. The highest BCUT2D eigenvalue weighted by atomic mass is 19.3. The van der Waals surface area contributed by atoms with Crippen molar-refractivity contribution in [2.24, 2.45) is 5.92 Å². The molecule has 1 atom stereocenters. The molecule has 1 fully saturated rings. The van der Waals surface area contributed by atoms with Crippen molar-refractivity contribution in [1.82, 2.24) is 0 Å². The van der Waals surface area contributed by atoms with Gasteiger partial charge in [0.1, 0.15) is 0 Å². The van der Waals surface area contributed by atoms with E-state index in [2.05, 4.69) is 4.74 Å². The van der Waals surface area contributed by atoms with E-state index in [4.69, 9.17) is 5.11 Å². The van der Waals surface area contributed by atoms with E-state index in [1.165, 1.54) is 0 Å². The Hall–Kier alpha value is -0.220. The lowest BCUT2D eigenvalue weighted by atomic mass is 10.5. The molecule has 0 amide bonds. The molecule has 4 heteroatoms. The molecule has 62 valence electrons. The summed E-state index contributed by atoms with van der Waals surface area (Å²) in [6, 6.07) is 0. The highest BCUT2D eigenvalue weighted by Crippen LogP contribution is 2.47. The van der Waals surface area contributed by atoms with Gasteiger partial charge in [-0.1, -0.05) is 0 Å². The van der Waals surface area contributed by atoms with Gasteiger partial charge < -0.3 is 9.84 Å². The lowest BCUT2D eigenvalue weighted by molar-refractivity contribution is 0.0822. The summed E-state index contributed by atoms with van der Waals surface area (Å²) < 4.78 is 27.5. The zero-order chi connectivity index (χ0) is 8.20. The van der Waals surface area contributed by atoms with E-state index in [-0.39, 0.29) is 13.0 Å². The minimum atomic E-state index is -2.53. The molecule has 0 aromatic carbocycles. The molecule has 10 heavy (non-hydrogen) atoms. The lowest BCUT2D eigenvalue weighted by Gasteiger charge is -1.86. The van der Waals surface area contributed by atoms with Crippen LogP contribution in [0.2, 0.25) is 0 Å². The van der Waals surface area contributed by atoms with E-state index >= 15 is 0 Å². The van der Waals surface area contributed by atoms with Crippen molar-refractivity contribution in [2.45, 2.75) is 12.3 Å². The summed E-state index contributed by atoms with van der Waals surface area (Å²) in [7, 11) is 3.25. The number of alkyl halides is 2. The third-order valence-electron chi connectivity index (χ3n) is 1.18. The second-order valence-electron chi connectivity index (χ2n) is 2.25. The average molecular weight is 154 g/mol. The molecule has 0 aromatic heterocycles. The van der Waals surface area contributed by atoms with E-state index in [0.717, 1.165) is 0 Å². The summed E-state index contributed by atoms with van der Waals surface area (Å²) in [6.07, 6.45) is -0.122. The molecule has 1 rings (SSSR count). The second-order valence-corrected chi connectivity index (χ2v) is 2.25. The first kappa shape index (κ1) is 9.78. The summed E-state index contributed by atoms with van der Waals surface area (Å²) in [6.45, 7) is -0.368. The molecule has 1 N–H and O–H groups in total. The quantitative estimate of drug-likeness (QED) is 0.608. The van der Waals surface area contributed by atoms with E-state index < -0.39 is 11.8 Å². The Labute approximate surface area is 58.8 Å². The maximum atomic E-state index is 11.6. The van der Waals surface area contributed by atoms with Gasteiger partial charge in [0.25, 0.3) is 5.92 Å². The maximum Gasteiger partial charge on any atom is 0.253 e. The Kier molecular flexibility index (Phi) is 3.75. The van der Waals surface area contributed by atoms with Crippen LogP contribution in [0.25, 0.3) is 0 Å². The van der Waals surface area contributed by atoms with Crippen molar-refractivity contribution in [1.29, 1.82) is 0 Å². The van der Waals surface area contributed by atoms with Gasteiger partial charge in [0.15, 0.2) is 0 Å². The first-order valence-corrected chi connectivity index (χ1v) is 2.97. The zero-order valence-corrected chi connectivity index (χ0v) is 6.10. The molecule has 1 aliphatic carbocycles. The molecule has 0 bridgehead atoms. The number of halogens is 2. The van der Waals surface area contributed by atoms with Crippen molar-refractivity contribution in [2.75, 3.05) is 20.8 Å². The van der Waals surface area contributed by atoms with Gasteiger partial charge in [0, 0.05) is 20.6 Å². The Balaban J connectivity index is 0.000000236. The van der Waals surface area contributed by atoms with Crippen LogP contribution in [0.4, 0.5) is 8.78 Å². The average Bonchev–Trinajstić information content (AvgIpc) is 2.42. The summed E-state index contributed by atoms with van der Waals surface area (Å²) in [5, 5.41) is 8.06. The fourth-order valence-corrected chi connectivity index (χ4v) is 0.468. The first-order chi connectivity index (χ1) is 4.58. The molecular formula is C6H12F2O2. The highest BCUT2D eigenvalue weighted by Gasteiger charge is 2.56. The van der Waals surface area contributed by atoms with Crippen molar-refractivity contribution >= 4 is 0 Å². The van der Waals surface area contributed by atoms with Crippen molar-refractivity contribution in [3.05, 3.63) is 0 Å². The van der Waals surface area contributed by atoms with Crippen LogP contribution in [-0.2, 0) is 4.74 Å². The summed E-state index contributed by atoms with van der Waals surface area (Å²) >= 11 is 0. The van der Waals surface area contributed by atoms with Crippen molar-refractivity contribution < 1.29 is 18.6 Å². The number of hydrogen-bond acceptors (Lipinski definition) is 2. The van der Waals surface area contributed by atoms with Crippen LogP contribution >= 0.6 is 0 Å². The number of rotatable bonds is 1. The molecule has 1 saturated carbocycles. The molecule has 0 aliphatic heterocycles. The zero-order valence-electron chi connectivity index (χ0n) is 6.10. The third-order valence-corrected chi connectivity index (χ3v) is 1.18. The topological polar surface area (TPSA) is 29.5 Å². The van der Waals surface area contributed by atoms with Gasteiger partial charge in [-0.15, -0.1) is 0 Å². The second kappa shape index (κ2) is 3.83. The Morgan fingerprint density at radius 2 is 1.90 bits per heavy atom. The maximum absolute atomic E-state index is 11.6. The third kappa shape index (κ3) is 3.08. The Bertz CT molecular complexity index is 95.7. The predicted octanol–water partition coefficient (Wildman–Crippen LogP) is 0.897. The smallest absolute Gasteiger partial charge is 0.253 e. The van der Waals surface area contributed by atoms with Crippen LogP contribution < -0.4 is 0 Å². The van der Waals surface area contributed by atoms with Crippen LogP contribution in [0.3, 0.4) is 0 Å². The summed E-state index contributed by atoms with van der Waals surface area (Å²) in [5.41, 5.74) is 0. The molecule has 0 unspecified atom stereocenters. The van der Waals surface area contributed by atoms with Crippen LogP contribution in [0, 0.1) is 5.92 Å². The van der Waals surface area contributed by atoms with Gasteiger partial charge in [-0.05, 0) is 0 Å². The summed E-state index contributed by atoms with van der Waals surface area (Å²) in [4.78, 5) is 0. The molecule has 0 radical (unpaired) electrons. The van der Waals surface area contributed by atoms with Crippen LogP contribution in [-0.4, -0.2) is 31.9 Å². The van der Waals surface area contributed by atoms with E-state index in [0.29, 0.717) is 0 Å². The fourth-order valence-electron chi connectivity index (χ4n) is 0.468. The van der Waals surface area contributed by atoms with Gasteiger partial charge in [0.05, 0.1) is 12.5 Å². The van der Waals surface area contributed by atoms with Gasteiger partial charge in [-0.3, -0.25) is 0 Å². The minimum absolute atomic E-state index is 0.122. The SMILES string of the molecule is COC.OC[C@H]1CC1(F)F. The predicted molar refractivity (Wildman–Crippen MR) is 33.1 cm³/mol. The van der Waals surface area contributed by atoms with Crippen LogP contribution in [0.5, 0.6) is 0 Å². The Morgan fingerprint density at radius 1 is 1.60 bits per heavy atom. The normalized spacial score (nSPS) is 26.7. The minimum Gasteiger partial charge on any atom is -0.396 e. The van der Waals surface area contributed by atoms with E-state index in [9.17, 15) is 8.78 Å². The van der Waals surface area contributed by atoms with Gasteiger partial charge in [-0.2, -0.15) is 0 Å². The Morgan fingerprint density at radius 3 is 1.90 bits per heavy atom. The largest absolute Gasteiger partial charge is 0.396 e. The molecule has 0 heterocycles. The van der Waals surface area contributed by atoms with E-state index in [1.807, 2.05) is 0 Å². The number of ether oxygens (including phenoxy) is 1. The number of aliphatic hydroxyl groups is 1. The van der Waals surface area contributed by atoms with Crippen molar-refractivity contribution in [3.63, 3.8) is 0 Å². The van der Waals surface area contributed by atoms with Crippen molar-refractivity contribution in [3.8, 4) is 0 Å². The fraction of sp³-hybridized carbons (Fsp3) is 1.00. The summed E-state index contributed by atoms with van der Waals surface area (Å²) in [5.74, 6) is -3.26. The van der Waals surface area contributed by atoms with Gasteiger partial charge in [0.2, 0.25) is 0 Å². The molecule has 1 aliphatic rings. The van der Waals surface area contributed by atoms with E-state index in [1.54, 1.807) is 14.2 Å². The van der Waals surface area contributed by atoms with Gasteiger partial charge >= 0.3 is 0 Å². The standard InChI is InChI=1S/C4H6F2O.C2H6O/c5-4(6)1-3(4)2-7;1-3-2/h3,7H,1-2H2;1-2H3/t3-;/m1./s1. The van der Waals surface area contributed by atoms with Gasteiger partial charge in [-0.25, -0.2) is 8.78 Å². The molecule has 0 spiro atoms. The lowest BCUT2D eigenvalue weighted by Crippen LogP contribution is -1.96. The van der Waals surface area contributed by atoms with Crippen LogP contribution in [0.15, 0.2) is 0 Å². The highest BCUT2D eigenvalue weighted by molar-refractivity contribution is 4.93.